The van der Waals surface area contributed by atoms with Crippen LogP contribution in [0, 0.1) is 0 Å². The number of nitrogens with one attached hydrogen (secondary N) is 1. The number of H-pyrrole nitrogens is 1. The zero-order valence-corrected chi connectivity index (χ0v) is 13.7. The van der Waals surface area contributed by atoms with Crippen LogP contribution in [0.25, 0.3) is 16.5 Å². The van der Waals surface area contributed by atoms with Gasteiger partial charge in [-0.25, -0.2) is 0 Å². The number of hydrogen-bond acceptors (Lipinski definition) is 2. The summed E-state index contributed by atoms with van der Waals surface area (Å²) in [6.07, 6.45) is 5.60. The lowest BCUT2D eigenvalue weighted by Crippen LogP contribution is -2.32. The SMILES string of the molecule is C1=C(c2c[nH]c3ccccc23)CCN(CCOc2ccccc2)C1. The molecule has 0 amide bonds. The molecule has 122 valence electrons. The fourth-order valence-corrected chi connectivity index (χ4v) is 3.31. The van der Waals surface area contributed by atoms with E-state index in [1.807, 2.05) is 30.3 Å². The van der Waals surface area contributed by atoms with E-state index in [2.05, 4.69) is 46.4 Å². The van der Waals surface area contributed by atoms with Crippen molar-refractivity contribution >= 4 is 16.5 Å². The fraction of sp³-hybridized carbons (Fsp3) is 0.238. The molecule has 0 saturated heterocycles. The van der Waals surface area contributed by atoms with Crippen LogP contribution >= 0.6 is 0 Å². The molecule has 3 nitrogen and oxygen atoms in total. The molecule has 4 rings (SSSR count). The van der Waals surface area contributed by atoms with Crippen LogP contribution < -0.4 is 4.74 Å². The van der Waals surface area contributed by atoms with Crippen LogP contribution in [0.4, 0.5) is 0 Å². The minimum atomic E-state index is 0.736. The molecule has 2 aromatic carbocycles. The number of benzene rings is 2. The Morgan fingerprint density at radius 1 is 1.00 bits per heavy atom. The Hall–Kier alpha value is -2.52. The molecule has 0 saturated carbocycles. The third kappa shape index (κ3) is 3.22. The molecule has 1 N–H and O–H groups in total. The van der Waals surface area contributed by atoms with E-state index in [1.54, 1.807) is 0 Å². The second-order valence-corrected chi connectivity index (χ2v) is 6.19. The van der Waals surface area contributed by atoms with Crippen molar-refractivity contribution in [1.82, 2.24) is 9.88 Å². The highest BCUT2D eigenvalue weighted by Gasteiger charge is 2.15. The van der Waals surface area contributed by atoms with Crippen LogP contribution in [0.1, 0.15) is 12.0 Å². The summed E-state index contributed by atoms with van der Waals surface area (Å²) in [5.74, 6) is 0.949. The van der Waals surface area contributed by atoms with Gasteiger partial charge in [-0.05, 0) is 30.2 Å². The summed E-state index contributed by atoms with van der Waals surface area (Å²) in [5, 5.41) is 1.32. The topological polar surface area (TPSA) is 28.3 Å². The summed E-state index contributed by atoms with van der Waals surface area (Å²) >= 11 is 0. The van der Waals surface area contributed by atoms with E-state index >= 15 is 0 Å². The number of fused-ring (bicyclic) bond motifs is 1. The normalized spacial score (nSPS) is 15.4. The minimum Gasteiger partial charge on any atom is -0.492 e. The van der Waals surface area contributed by atoms with Gasteiger partial charge in [0, 0.05) is 42.3 Å². The van der Waals surface area contributed by atoms with Crippen LogP contribution in [-0.4, -0.2) is 36.1 Å². The second kappa shape index (κ2) is 6.93. The van der Waals surface area contributed by atoms with Gasteiger partial charge in [-0.1, -0.05) is 42.5 Å². The van der Waals surface area contributed by atoms with Crippen LogP contribution in [0.5, 0.6) is 5.75 Å². The van der Waals surface area contributed by atoms with Crippen molar-refractivity contribution < 1.29 is 4.74 Å². The molecule has 3 aromatic rings. The lowest BCUT2D eigenvalue weighted by atomic mass is 9.99. The monoisotopic (exact) mass is 318 g/mol. The predicted molar refractivity (Wildman–Crippen MR) is 99.3 cm³/mol. The maximum Gasteiger partial charge on any atom is 0.119 e. The van der Waals surface area contributed by atoms with Crippen molar-refractivity contribution in [2.75, 3.05) is 26.2 Å². The van der Waals surface area contributed by atoms with Gasteiger partial charge in [0.15, 0.2) is 0 Å². The first-order chi connectivity index (χ1) is 11.9. The lowest BCUT2D eigenvalue weighted by molar-refractivity contribution is 0.222. The maximum atomic E-state index is 5.80. The molecule has 0 unspecified atom stereocenters. The Morgan fingerprint density at radius 2 is 1.83 bits per heavy atom. The number of para-hydroxylation sites is 2. The maximum absolute atomic E-state index is 5.80. The minimum absolute atomic E-state index is 0.736. The van der Waals surface area contributed by atoms with E-state index in [0.29, 0.717) is 0 Å². The zero-order valence-electron chi connectivity index (χ0n) is 13.7. The smallest absolute Gasteiger partial charge is 0.119 e. The van der Waals surface area contributed by atoms with Gasteiger partial charge in [0.25, 0.3) is 0 Å². The Balaban J connectivity index is 1.35. The van der Waals surface area contributed by atoms with Crippen LogP contribution in [0.15, 0.2) is 66.9 Å². The predicted octanol–water partition coefficient (Wildman–Crippen LogP) is 4.34. The van der Waals surface area contributed by atoms with Crippen LogP contribution in [0.2, 0.25) is 0 Å². The summed E-state index contributed by atoms with van der Waals surface area (Å²) in [4.78, 5) is 5.82. The second-order valence-electron chi connectivity index (χ2n) is 6.19. The average Bonchev–Trinajstić information content (AvgIpc) is 3.07. The molecule has 0 atom stereocenters. The zero-order chi connectivity index (χ0) is 16.2. The summed E-state index contributed by atoms with van der Waals surface area (Å²) in [6, 6.07) is 18.5. The third-order valence-corrected chi connectivity index (χ3v) is 4.65. The van der Waals surface area contributed by atoms with E-state index in [4.69, 9.17) is 4.74 Å². The van der Waals surface area contributed by atoms with Crippen LogP contribution in [-0.2, 0) is 0 Å². The van der Waals surface area contributed by atoms with Gasteiger partial charge in [-0.3, -0.25) is 4.90 Å². The third-order valence-electron chi connectivity index (χ3n) is 4.65. The fourth-order valence-electron chi connectivity index (χ4n) is 3.31. The highest BCUT2D eigenvalue weighted by molar-refractivity contribution is 5.92. The van der Waals surface area contributed by atoms with E-state index in [0.717, 1.165) is 38.4 Å². The molecule has 1 aliphatic heterocycles. The number of hydrogen-bond donors (Lipinski definition) is 1. The molecule has 0 aliphatic carbocycles. The van der Waals surface area contributed by atoms with Crippen molar-refractivity contribution in [2.45, 2.75) is 6.42 Å². The first-order valence-electron chi connectivity index (χ1n) is 8.56. The number of nitrogens with zero attached hydrogens (tertiary/aromatic N) is 1. The molecule has 1 aromatic heterocycles. The molecular formula is C21H22N2O. The van der Waals surface area contributed by atoms with E-state index in [1.165, 1.54) is 22.0 Å². The van der Waals surface area contributed by atoms with Gasteiger partial charge in [-0.2, -0.15) is 0 Å². The number of aromatic nitrogens is 1. The Morgan fingerprint density at radius 3 is 2.67 bits per heavy atom. The average molecular weight is 318 g/mol. The van der Waals surface area contributed by atoms with Crippen molar-refractivity contribution in [2.24, 2.45) is 0 Å². The van der Waals surface area contributed by atoms with Crippen LogP contribution in [0.3, 0.4) is 0 Å². The first kappa shape index (κ1) is 15.0. The standard InChI is InChI=1S/C21H22N2O/c1-2-6-18(7-3-1)24-15-14-23-12-10-17(11-13-23)20-16-22-21-9-5-4-8-19(20)21/h1-10,16,22H,11-15H2. The highest BCUT2D eigenvalue weighted by atomic mass is 16.5. The van der Waals surface area contributed by atoms with Gasteiger partial charge in [0.2, 0.25) is 0 Å². The summed E-state index contributed by atoms with van der Waals surface area (Å²) in [5.41, 5.74) is 4.02. The summed E-state index contributed by atoms with van der Waals surface area (Å²) in [7, 11) is 0. The van der Waals surface area contributed by atoms with Gasteiger partial charge in [0.05, 0.1) is 0 Å². The molecule has 24 heavy (non-hydrogen) atoms. The van der Waals surface area contributed by atoms with E-state index < -0.39 is 0 Å². The molecule has 0 fully saturated rings. The Labute approximate surface area is 142 Å². The molecule has 0 radical (unpaired) electrons. The molecule has 0 spiro atoms. The van der Waals surface area contributed by atoms with E-state index in [-0.39, 0.29) is 0 Å². The molecular weight excluding hydrogens is 296 g/mol. The molecule has 0 bridgehead atoms. The van der Waals surface area contributed by atoms with Gasteiger partial charge in [0.1, 0.15) is 12.4 Å². The number of ether oxygens (including phenoxy) is 1. The van der Waals surface area contributed by atoms with Crippen molar-refractivity contribution in [3.63, 3.8) is 0 Å². The quantitative estimate of drug-likeness (QED) is 0.758. The summed E-state index contributed by atoms with van der Waals surface area (Å²) in [6.45, 7) is 3.78. The molecule has 1 aliphatic rings. The van der Waals surface area contributed by atoms with Gasteiger partial charge in [-0.15, -0.1) is 0 Å². The first-order valence-corrected chi connectivity index (χ1v) is 8.56. The largest absolute Gasteiger partial charge is 0.492 e. The van der Waals surface area contributed by atoms with Gasteiger partial charge >= 0.3 is 0 Å². The van der Waals surface area contributed by atoms with Gasteiger partial charge < -0.3 is 9.72 Å². The van der Waals surface area contributed by atoms with E-state index in [9.17, 15) is 0 Å². The lowest BCUT2D eigenvalue weighted by Gasteiger charge is -2.26. The molecule has 3 heteroatoms. The molecule has 2 heterocycles. The van der Waals surface area contributed by atoms with Crippen molar-refractivity contribution in [1.29, 1.82) is 0 Å². The Bertz CT molecular complexity index is 835. The Kier molecular flexibility index (Phi) is 4.34. The van der Waals surface area contributed by atoms with Crippen molar-refractivity contribution in [3.8, 4) is 5.75 Å². The highest BCUT2D eigenvalue weighted by Crippen LogP contribution is 2.28. The number of rotatable bonds is 5. The van der Waals surface area contributed by atoms with Crippen molar-refractivity contribution in [3.05, 3.63) is 72.4 Å². The number of aromatic amines is 1. The summed E-state index contributed by atoms with van der Waals surface area (Å²) < 4.78 is 5.80.